The zero-order valence-corrected chi connectivity index (χ0v) is 11.2. The quantitative estimate of drug-likeness (QED) is 0.802. The van der Waals surface area contributed by atoms with Crippen molar-refractivity contribution >= 4 is 29.1 Å². The second-order valence-electron chi connectivity index (χ2n) is 3.96. The zero-order chi connectivity index (χ0) is 14.9. The third-order valence-electron chi connectivity index (χ3n) is 2.76. The van der Waals surface area contributed by atoms with Crippen LogP contribution in [0.1, 0.15) is 10.4 Å². The Labute approximate surface area is 116 Å². The Hall–Kier alpha value is -1.70. The number of benzene rings is 1. The summed E-state index contributed by atoms with van der Waals surface area (Å²) in [5.74, 6) is -1.45. The highest BCUT2D eigenvalue weighted by molar-refractivity contribution is 8.00. The lowest BCUT2D eigenvalue weighted by atomic mass is 10.1. The molecule has 0 bridgehead atoms. The molecule has 1 aliphatic rings. The number of amides is 1. The van der Waals surface area contributed by atoms with Crippen molar-refractivity contribution in [3.05, 3.63) is 23.8 Å². The lowest BCUT2D eigenvalue weighted by Gasteiger charge is -2.16. The summed E-state index contributed by atoms with van der Waals surface area (Å²) in [6, 6.07) is 4.45. The van der Waals surface area contributed by atoms with E-state index in [0.717, 1.165) is 4.90 Å². The summed E-state index contributed by atoms with van der Waals surface area (Å²) in [4.78, 5) is 24.6. The average Bonchev–Trinajstić information content (AvgIpc) is 2.62. The van der Waals surface area contributed by atoms with Crippen LogP contribution >= 0.6 is 11.8 Å². The van der Waals surface area contributed by atoms with Crippen LogP contribution in [0.5, 0.6) is 5.75 Å². The first-order valence-electron chi connectivity index (χ1n) is 5.58. The van der Waals surface area contributed by atoms with Crippen LogP contribution in [0, 0.1) is 0 Å². The molecule has 0 N–H and O–H groups in total. The van der Waals surface area contributed by atoms with Gasteiger partial charge >= 0.3 is 5.51 Å². The minimum atomic E-state index is -4.35. The molecule has 0 saturated heterocycles. The predicted octanol–water partition coefficient (Wildman–Crippen LogP) is 2.48. The first kappa shape index (κ1) is 14.7. The van der Waals surface area contributed by atoms with Crippen molar-refractivity contribution in [3.63, 3.8) is 0 Å². The van der Waals surface area contributed by atoms with Crippen LogP contribution in [0.2, 0.25) is 0 Å². The molecule has 0 fully saturated rings. The van der Waals surface area contributed by atoms with Gasteiger partial charge in [-0.15, -0.1) is 0 Å². The van der Waals surface area contributed by atoms with Crippen LogP contribution in [0.15, 0.2) is 18.2 Å². The molecule has 4 nitrogen and oxygen atoms in total. The number of carbonyl (C=O) groups is 2. The van der Waals surface area contributed by atoms with Gasteiger partial charge in [0.15, 0.2) is 0 Å². The molecule has 1 amide bonds. The minimum Gasteiger partial charge on any atom is -0.497 e. The fraction of sp³-hybridized carbons (Fsp3) is 0.333. The Balaban J connectivity index is 2.17. The monoisotopic (exact) mass is 305 g/mol. The highest BCUT2D eigenvalue weighted by atomic mass is 32.2. The molecule has 20 heavy (non-hydrogen) atoms. The molecule has 1 aliphatic heterocycles. The minimum absolute atomic E-state index is 0.159. The molecular formula is C12H10F3NO3S. The molecule has 0 spiro atoms. The van der Waals surface area contributed by atoms with Crippen molar-refractivity contribution in [1.82, 2.24) is 0 Å². The summed E-state index contributed by atoms with van der Waals surface area (Å²) >= 11 is -0.224. The van der Waals surface area contributed by atoms with Gasteiger partial charge in [-0.2, -0.15) is 13.2 Å². The molecule has 1 heterocycles. The van der Waals surface area contributed by atoms with Crippen molar-refractivity contribution < 1.29 is 27.5 Å². The lowest BCUT2D eigenvalue weighted by Crippen LogP contribution is -2.32. The van der Waals surface area contributed by atoms with E-state index in [0.29, 0.717) is 11.4 Å². The number of carbonyl (C=O) groups excluding carboxylic acids is 2. The maximum absolute atomic E-state index is 12.1. The predicted molar refractivity (Wildman–Crippen MR) is 68.2 cm³/mol. The molecular weight excluding hydrogens is 295 g/mol. The topological polar surface area (TPSA) is 46.6 Å². The van der Waals surface area contributed by atoms with Crippen LogP contribution in [-0.4, -0.2) is 36.6 Å². The molecule has 108 valence electrons. The SMILES string of the molecule is COc1ccc2c(c1)C(=O)C(=O)N2CCSC(F)(F)F. The number of hydrogen-bond donors (Lipinski definition) is 0. The van der Waals surface area contributed by atoms with E-state index >= 15 is 0 Å². The van der Waals surface area contributed by atoms with Gasteiger partial charge in [-0.05, 0) is 30.0 Å². The molecule has 0 atom stereocenters. The summed E-state index contributed by atoms with van der Waals surface area (Å²) in [6.07, 6.45) is 0. The van der Waals surface area contributed by atoms with Crippen molar-refractivity contribution in [2.24, 2.45) is 0 Å². The molecule has 2 rings (SSSR count). The Morgan fingerprint density at radius 2 is 2.00 bits per heavy atom. The van der Waals surface area contributed by atoms with Gasteiger partial charge in [0.05, 0.1) is 18.4 Å². The van der Waals surface area contributed by atoms with Gasteiger partial charge in [0.1, 0.15) is 5.75 Å². The van der Waals surface area contributed by atoms with E-state index in [2.05, 4.69) is 0 Å². The van der Waals surface area contributed by atoms with Crippen LogP contribution in [0.25, 0.3) is 0 Å². The average molecular weight is 305 g/mol. The van der Waals surface area contributed by atoms with Gasteiger partial charge < -0.3 is 9.64 Å². The Kier molecular flexibility index (Phi) is 3.94. The smallest absolute Gasteiger partial charge is 0.441 e. The van der Waals surface area contributed by atoms with Crippen molar-refractivity contribution in [2.45, 2.75) is 5.51 Å². The first-order chi connectivity index (χ1) is 9.33. The fourth-order valence-corrected chi connectivity index (χ4v) is 2.39. The van der Waals surface area contributed by atoms with Gasteiger partial charge in [0.25, 0.3) is 11.7 Å². The third-order valence-corrected chi connectivity index (χ3v) is 3.47. The highest BCUT2D eigenvalue weighted by Crippen LogP contribution is 2.34. The molecule has 0 unspecified atom stereocenters. The van der Waals surface area contributed by atoms with Crippen LogP contribution in [0.3, 0.4) is 0 Å². The number of hydrogen-bond acceptors (Lipinski definition) is 4. The van der Waals surface area contributed by atoms with Crippen molar-refractivity contribution in [2.75, 3.05) is 24.3 Å². The number of methoxy groups -OCH3 is 1. The Bertz CT molecular complexity index is 559. The van der Waals surface area contributed by atoms with E-state index < -0.39 is 17.2 Å². The number of alkyl halides is 3. The standard InChI is InChI=1S/C12H10F3NO3S/c1-19-7-2-3-9-8(6-7)10(17)11(18)16(9)4-5-20-12(13,14)15/h2-3,6H,4-5H2,1H3. The summed E-state index contributed by atoms with van der Waals surface area (Å²) in [6.45, 7) is -0.173. The fourth-order valence-electron chi connectivity index (χ4n) is 1.88. The van der Waals surface area contributed by atoms with Gasteiger partial charge in [0.2, 0.25) is 0 Å². The summed E-state index contributed by atoms with van der Waals surface area (Å²) < 4.78 is 41.2. The van der Waals surface area contributed by atoms with Gasteiger partial charge in [0, 0.05) is 12.3 Å². The first-order valence-corrected chi connectivity index (χ1v) is 6.57. The number of nitrogens with zero attached hydrogens (tertiary/aromatic N) is 1. The zero-order valence-electron chi connectivity index (χ0n) is 10.4. The molecule has 0 radical (unpaired) electrons. The normalized spacial score (nSPS) is 14.7. The molecule has 0 saturated carbocycles. The van der Waals surface area contributed by atoms with Crippen molar-refractivity contribution in [1.29, 1.82) is 0 Å². The lowest BCUT2D eigenvalue weighted by molar-refractivity contribution is -0.114. The van der Waals surface area contributed by atoms with Crippen molar-refractivity contribution in [3.8, 4) is 5.75 Å². The number of fused-ring (bicyclic) bond motifs is 1. The summed E-state index contributed by atoms with van der Waals surface area (Å²) in [5, 5.41) is 0. The summed E-state index contributed by atoms with van der Waals surface area (Å²) in [5.41, 5.74) is -3.87. The largest absolute Gasteiger partial charge is 0.497 e. The molecule has 0 aliphatic carbocycles. The van der Waals surface area contributed by atoms with Gasteiger partial charge in [-0.3, -0.25) is 9.59 Å². The molecule has 8 heteroatoms. The van der Waals surface area contributed by atoms with E-state index in [9.17, 15) is 22.8 Å². The van der Waals surface area contributed by atoms with E-state index in [-0.39, 0.29) is 29.6 Å². The molecule has 0 aromatic heterocycles. The maximum atomic E-state index is 12.1. The van der Waals surface area contributed by atoms with Crippen LogP contribution < -0.4 is 9.64 Å². The number of thioether (sulfide) groups is 1. The Morgan fingerprint density at radius 1 is 1.30 bits per heavy atom. The number of rotatable bonds is 4. The maximum Gasteiger partial charge on any atom is 0.441 e. The van der Waals surface area contributed by atoms with Gasteiger partial charge in [-0.25, -0.2) is 0 Å². The number of ether oxygens (including phenoxy) is 1. The van der Waals surface area contributed by atoms with Gasteiger partial charge in [-0.1, -0.05) is 0 Å². The third kappa shape index (κ3) is 2.90. The Morgan fingerprint density at radius 3 is 2.60 bits per heavy atom. The molecule has 1 aromatic carbocycles. The number of ketones is 1. The highest BCUT2D eigenvalue weighted by Gasteiger charge is 2.37. The summed E-state index contributed by atoms with van der Waals surface area (Å²) in [7, 11) is 1.42. The number of Topliss-reactive ketones (excluding diaryl/α,β-unsaturated/α-hetero) is 1. The van der Waals surface area contributed by atoms with E-state index in [1.165, 1.54) is 19.2 Å². The van der Waals surface area contributed by atoms with E-state index in [1.54, 1.807) is 6.07 Å². The number of halogens is 3. The number of anilines is 1. The van der Waals surface area contributed by atoms with E-state index in [1.807, 2.05) is 0 Å². The van der Waals surface area contributed by atoms with E-state index in [4.69, 9.17) is 4.74 Å². The van der Waals surface area contributed by atoms with Crippen LogP contribution in [0.4, 0.5) is 18.9 Å². The second-order valence-corrected chi connectivity index (χ2v) is 5.12. The van der Waals surface area contributed by atoms with Crippen LogP contribution in [-0.2, 0) is 4.79 Å². The second kappa shape index (κ2) is 5.35. The molecule has 1 aromatic rings.